The van der Waals surface area contributed by atoms with Crippen molar-refractivity contribution in [2.45, 2.75) is 39.8 Å². The van der Waals surface area contributed by atoms with Crippen molar-refractivity contribution in [2.75, 3.05) is 13.1 Å². The third-order valence-corrected chi connectivity index (χ3v) is 4.55. The molecule has 0 atom stereocenters. The molecule has 1 N–H and O–H groups in total. The van der Waals surface area contributed by atoms with Crippen molar-refractivity contribution in [2.24, 2.45) is 5.92 Å². The summed E-state index contributed by atoms with van der Waals surface area (Å²) in [5.41, 5.74) is 2.87. The number of aromatic nitrogens is 2. The van der Waals surface area contributed by atoms with Gasteiger partial charge in [0.15, 0.2) is 0 Å². The molecule has 0 aliphatic carbocycles. The Morgan fingerprint density at radius 2 is 2.09 bits per heavy atom. The predicted molar refractivity (Wildman–Crippen MR) is 85.4 cm³/mol. The van der Waals surface area contributed by atoms with Crippen molar-refractivity contribution in [3.8, 4) is 0 Å². The highest BCUT2D eigenvalue weighted by Crippen LogP contribution is 2.20. The number of imidazole rings is 1. The summed E-state index contributed by atoms with van der Waals surface area (Å²) in [6.45, 7) is 6.01. The molecule has 5 heteroatoms. The number of piperidine rings is 1. The Kier molecular flexibility index (Phi) is 4.16. The van der Waals surface area contributed by atoms with Crippen LogP contribution in [0.3, 0.4) is 0 Å². The highest BCUT2D eigenvalue weighted by molar-refractivity contribution is 5.81. The third kappa shape index (κ3) is 2.86. The molecule has 0 bridgehead atoms. The molecule has 1 fully saturated rings. The average molecular weight is 301 g/mol. The van der Waals surface area contributed by atoms with Crippen LogP contribution in [-0.2, 0) is 17.9 Å². The molecule has 0 radical (unpaired) electrons. The summed E-state index contributed by atoms with van der Waals surface area (Å²) in [6.07, 6.45) is 2.14. The van der Waals surface area contributed by atoms with Gasteiger partial charge < -0.3 is 14.6 Å². The third-order valence-electron chi connectivity index (χ3n) is 4.55. The molecule has 1 aliphatic heterocycles. The number of rotatable bonds is 3. The molecule has 5 nitrogen and oxygen atoms in total. The lowest BCUT2D eigenvalue weighted by atomic mass is 9.99. The monoisotopic (exact) mass is 301 g/mol. The minimum atomic E-state index is -0.155. The Hall–Kier alpha value is -1.88. The van der Waals surface area contributed by atoms with Gasteiger partial charge in [-0.3, -0.25) is 4.79 Å². The number of carbonyl (C=O) groups excluding carboxylic acids is 1. The van der Waals surface area contributed by atoms with Crippen LogP contribution in [0.5, 0.6) is 0 Å². The van der Waals surface area contributed by atoms with Crippen molar-refractivity contribution in [3.63, 3.8) is 0 Å². The van der Waals surface area contributed by atoms with Crippen LogP contribution in [0.25, 0.3) is 11.0 Å². The zero-order valence-corrected chi connectivity index (χ0v) is 13.2. The maximum atomic E-state index is 12.5. The molecule has 2 aromatic rings. The number of likely N-dealkylation sites (tertiary alicyclic amines) is 1. The molecule has 1 aliphatic rings. The van der Waals surface area contributed by atoms with Crippen molar-refractivity contribution in [1.82, 2.24) is 14.5 Å². The van der Waals surface area contributed by atoms with E-state index >= 15 is 0 Å². The second-order valence-corrected chi connectivity index (χ2v) is 6.33. The fourth-order valence-electron chi connectivity index (χ4n) is 3.08. The number of aliphatic hydroxyl groups is 1. The Morgan fingerprint density at radius 3 is 2.77 bits per heavy atom. The van der Waals surface area contributed by atoms with E-state index in [0.29, 0.717) is 11.7 Å². The highest BCUT2D eigenvalue weighted by Gasteiger charge is 2.22. The quantitative estimate of drug-likeness (QED) is 0.944. The number of hydrogen-bond donors (Lipinski definition) is 1. The van der Waals surface area contributed by atoms with Crippen LogP contribution in [-0.4, -0.2) is 38.6 Å². The zero-order valence-electron chi connectivity index (χ0n) is 13.2. The van der Waals surface area contributed by atoms with E-state index in [1.807, 2.05) is 34.6 Å². The molecule has 118 valence electrons. The van der Waals surface area contributed by atoms with Gasteiger partial charge in [0.1, 0.15) is 19.0 Å². The van der Waals surface area contributed by atoms with E-state index < -0.39 is 0 Å². The summed E-state index contributed by atoms with van der Waals surface area (Å²) in [7, 11) is 0. The van der Waals surface area contributed by atoms with E-state index in [-0.39, 0.29) is 19.1 Å². The lowest BCUT2D eigenvalue weighted by Gasteiger charge is -2.30. The van der Waals surface area contributed by atoms with Gasteiger partial charge in [0.2, 0.25) is 5.91 Å². The molecule has 0 unspecified atom stereocenters. The van der Waals surface area contributed by atoms with Crippen molar-refractivity contribution in [1.29, 1.82) is 0 Å². The topological polar surface area (TPSA) is 58.4 Å². The fourth-order valence-corrected chi connectivity index (χ4v) is 3.08. The van der Waals surface area contributed by atoms with Crippen LogP contribution in [0.2, 0.25) is 0 Å². The van der Waals surface area contributed by atoms with Crippen LogP contribution in [0, 0.1) is 12.8 Å². The number of fused-ring (bicyclic) bond motifs is 1. The molecule has 0 spiro atoms. The Labute approximate surface area is 130 Å². The van der Waals surface area contributed by atoms with Gasteiger partial charge in [0, 0.05) is 13.1 Å². The minimum Gasteiger partial charge on any atom is -0.388 e. The van der Waals surface area contributed by atoms with Gasteiger partial charge in [0.05, 0.1) is 11.0 Å². The molecular weight excluding hydrogens is 278 g/mol. The molecule has 22 heavy (non-hydrogen) atoms. The normalized spacial score (nSPS) is 16.4. The van der Waals surface area contributed by atoms with Gasteiger partial charge in [-0.1, -0.05) is 13.0 Å². The standard InChI is InChI=1S/C17H23N3O2/c1-12-5-7-19(8-6-12)17(22)10-20-15-4-3-13(2)9-14(15)18-16(20)11-21/h3-4,9,12,21H,5-8,10-11H2,1-2H3. The smallest absolute Gasteiger partial charge is 0.242 e. The number of amides is 1. The Morgan fingerprint density at radius 1 is 1.36 bits per heavy atom. The van der Waals surface area contributed by atoms with Crippen molar-refractivity contribution in [3.05, 3.63) is 29.6 Å². The predicted octanol–water partition coefficient (Wildman–Crippen LogP) is 2.10. The summed E-state index contributed by atoms with van der Waals surface area (Å²) in [5, 5.41) is 9.54. The molecule has 1 aromatic heterocycles. The van der Waals surface area contributed by atoms with E-state index in [1.165, 1.54) is 0 Å². The molecule has 2 heterocycles. The summed E-state index contributed by atoms with van der Waals surface area (Å²) in [5.74, 6) is 1.37. The Bertz CT molecular complexity index is 685. The fraction of sp³-hybridized carbons (Fsp3) is 0.529. The molecular formula is C17H23N3O2. The van der Waals surface area contributed by atoms with Crippen molar-refractivity contribution < 1.29 is 9.90 Å². The number of aryl methyl sites for hydroxylation is 1. The second kappa shape index (κ2) is 6.08. The first-order valence-corrected chi connectivity index (χ1v) is 7.93. The molecule has 1 aromatic carbocycles. The average Bonchev–Trinajstić information content (AvgIpc) is 2.84. The SMILES string of the molecule is Cc1ccc2c(c1)nc(CO)n2CC(=O)N1CCC(C)CC1. The highest BCUT2D eigenvalue weighted by atomic mass is 16.3. The van der Waals surface area contributed by atoms with E-state index in [1.54, 1.807) is 0 Å². The molecule has 0 saturated carbocycles. The van der Waals surface area contributed by atoms with Gasteiger partial charge in [-0.2, -0.15) is 0 Å². The molecule has 3 rings (SSSR count). The van der Waals surface area contributed by atoms with E-state index in [2.05, 4.69) is 11.9 Å². The first kappa shape index (κ1) is 15.0. The second-order valence-electron chi connectivity index (χ2n) is 6.33. The zero-order chi connectivity index (χ0) is 15.7. The van der Waals surface area contributed by atoms with Crippen LogP contribution in [0.1, 0.15) is 31.2 Å². The van der Waals surface area contributed by atoms with Gasteiger partial charge in [-0.25, -0.2) is 4.98 Å². The van der Waals surface area contributed by atoms with E-state index in [9.17, 15) is 9.90 Å². The van der Waals surface area contributed by atoms with E-state index in [0.717, 1.165) is 42.5 Å². The maximum absolute atomic E-state index is 12.5. The first-order valence-electron chi connectivity index (χ1n) is 7.93. The number of carbonyl (C=O) groups is 1. The van der Waals surface area contributed by atoms with Crippen LogP contribution >= 0.6 is 0 Å². The summed E-state index contributed by atoms with van der Waals surface area (Å²) < 4.78 is 1.84. The van der Waals surface area contributed by atoms with Crippen LogP contribution in [0.4, 0.5) is 0 Å². The van der Waals surface area contributed by atoms with Crippen LogP contribution in [0.15, 0.2) is 18.2 Å². The number of hydrogen-bond acceptors (Lipinski definition) is 3. The largest absolute Gasteiger partial charge is 0.388 e. The summed E-state index contributed by atoms with van der Waals surface area (Å²) >= 11 is 0. The lowest BCUT2D eigenvalue weighted by Crippen LogP contribution is -2.39. The maximum Gasteiger partial charge on any atom is 0.242 e. The van der Waals surface area contributed by atoms with E-state index in [4.69, 9.17) is 0 Å². The number of benzene rings is 1. The van der Waals surface area contributed by atoms with Gasteiger partial charge >= 0.3 is 0 Å². The lowest BCUT2D eigenvalue weighted by molar-refractivity contribution is -0.133. The minimum absolute atomic E-state index is 0.112. The Balaban J connectivity index is 1.85. The molecule has 1 saturated heterocycles. The summed E-state index contributed by atoms with van der Waals surface area (Å²) in [6, 6.07) is 5.97. The van der Waals surface area contributed by atoms with Gasteiger partial charge in [-0.15, -0.1) is 0 Å². The van der Waals surface area contributed by atoms with Crippen LogP contribution < -0.4 is 0 Å². The number of aliphatic hydroxyl groups excluding tert-OH is 1. The van der Waals surface area contributed by atoms with Gasteiger partial charge in [0.25, 0.3) is 0 Å². The summed E-state index contributed by atoms with van der Waals surface area (Å²) in [4.78, 5) is 18.9. The van der Waals surface area contributed by atoms with Gasteiger partial charge in [-0.05, 0) is 43.4 Å². The number of nitrogens with zero attached hydrogens (tertiary/aromatic N) is 3. The first-order chi connectivity index (χ1) is 10.6. The van der Waals surface area contributed by atoms with Crippen molar-refractivity contribution >= 4 is 16.9 Å². The molecule has 1 amide bonds.